The minimum atomic E-state index is 0.672. The molecule has 0 aliphatic heterocycles. The molecule has 0 bridgehead atoms. The van der Waals surface area contributed by atoms with Gasteiger partial charge in [-0.15, -0.1) is 0 Å². The number of aromatic nitrogens is 3. The van der Waals surface area contributed by atoms with Gasteiger partial charge in [0.2, 0.25) is 0 Å². The van der Waals surface area contributed by atoms with Crippen molar-refractivity contribution >= 4 is 0 Å². The summed E-state index contributed by atoms with van der Waals surface area (Å²) in [5.41, 5.74) is 2.82. The topological polar surface area (TPSA) is 59.9 Å². The molecule has 0 amide bonds. The number of aryl methyl sites for hydroxylation is 1. The molecule has 5 nitrogen and oxygen atoms in total. The molecule has 18 heavy (non-hydrogen) atoms. The maximum atomic E-state index is 5.21. The van der Waals surface area contributed by atoms with E-state index < -0.39 is 0 Å². The van der Waals surface area contributed by atoms with Gasteiger partial charge in [-0.05, 0) is 19.1 Å². The molecule has 0 aromatic carbocycles. The molecule has 0 unspecified atom stereocenters. The molecule has 0 saturated carbocycles. The van der Waals surface area contributed by atoms with E-state index in [1.807, 2.05) is 31.2 Å². The Hall–Kier alpha value is -2.01. The molecule has 0 spiro atoms. The van der Waals surface area contributed by atoms with E-state index in [2.05, 4.69) is 20.5 Å². The number of hydrogen-bond donors (Lipinski definition) is 1. The van der Waals surface area contributed by atoms with Crippen LogP contribution in [0.15, 0.2) is 30.5 Å². The fourth-order valence-corrected chi connectivity index (χ4v) is 1.66. The fourth-order valence-electron chi connectivity index (χ4n) is 1.66. The number of nitrogens with one attached hydrogen (secondary N) is 1. The largest absolute Gasteiger partial charge is 0.497 e. The van der Waals surface area contributed by atoms with Crippen molar-refractivity contribution in [3.63, 3.8) is 0 Å². The molecular formula is C13H16N4O. The number of methoxy groups -OCH3 is 1. The van der Waals surface area contributed by atoms with Crippen LogP contribution >= 0.6 is 0 Å². The molecular weight excluding hydrogens is 228 g/mol. The van der Waals surface area contributed by atoms with Crippen molar-refractivity contribution in [3.8, 4) is 5.75 Å². The third-order valence-corrected chi connectivity index (χ3v) is 2.46. The van der Waals surface area contributed by atoms with Gasteiger partial charge in [-0.2, -0.15) is 10.2 Å². The Morgan fingerprint density at radius 1 is 1.22 bits per heavy atom. The molecule has 0 fully saturated rings. The second-order valence-electron chi connectivity index (χ2n) is 3.96. The van der Waals surface area contributed by atoms with Crippen LogP contribution < -0.4 is 10.1 Å². The fraction of sp³-hybridized carbons (Fsp3) is 0.308. The zero-order valence-electron chi connectivity index (χ0n) is 10.6. The van der Waals surface area contributed by atoms with Crippen molar-refractivity contribution < 1.29 is 4.74 Å². The third kappa shape index (κ3) is 3.49. The first-order valence-electron chi connectivity index (χ1n) is 5.77. The lowest BCUT2D eigenvalue weighted by molar-refractivity contribution is 0.412. The standard InChI is InChI=1S/C13H16N4O/c1-10-6-13(18-2)7-12(16-10)9-14-8-11-4-3-5-15-17-11/h3-7,14H,8-9H2,1-2H3. The van der Waals surface area contributed by atoms with Gasteiger partial charge in [-0.25, -0.2) is 0 Å². The van der Waals surface area contributed by atoms with E-state index in [-0.39, 0.29) is 0 Å². The second kappa shape index (κ2) is 6.07. The summed E-state index contributed by atoms with van der Waals surface area (Å²) in [6.07, 6.45) is 1.66. The zero-order chi connectivity index (χ0) is 12.8. The molecule has 2 heterocycles. The zero-order valence-corrected chi connectivity index (χ0v) is 10.6. The van der Waals surface area contributed by atoms with E-state index in [1.165, 1.54) is 0 Å². The van der Waals surface area contributed by atoms with E-state index in [4.69, 9.17) is 4.74 Å². The van der Waals surface area contributed by atoms with Crippen molar-refractivity contribution in [1.29, 1.82) is 0 Å². The third-order valence-electron chi connectivity index (χ3n) is 2.46. The Labute approximate surface area is 106 Å². The number of rotatable bonds is 5. The monoisotopic (exact) mass is 244 g/mol. The summed E-state index contributed by atoms with van der Waals surface area (Å²) in [5.74, 6) is 0.832. The maximum absolute atomic E-state index is 5.21. The molecule has 2 rings (SSSR count). The summed E-state index contributed by atoms with van der Waals surface area (Å²) in [6, 6.07) is 7.64. The van der Waals surface area contributed by atoms with Crippen molar-refractivity contribution in [2.24, 2.45) is 0 Å². The first-order chi connectivity index (χ1) is 8.78. The van der Waals surface area contributed by atoms with Crippen LogP contribution in [0.4, 0.5) is 0 Å². The second-order valence-corrected chi connectivity index (χ2v) is 3.96. The Bertz CT molecular complexity index is 502. The first kappa shape index (κ1) is 12.4. The molecule has 2 aromatic heterocycles. The van der Waals surface area contributed by atoms with Crippen LogP contribution in [0.1, 0.15) is 17.1 Å². The van der Waals surface area contributed by atoms with Crippen LogP contribution in [-0.4, -0.2) is 22.3 Å². The SMILES string of the molecule is COc1cc(C)nc(CNCc2cccnn2)c1. The van der Waals surface area contributed by atoms with Crippen LogP contribution in [0.3, 0.4) is 0 Å². The Balaban J connectivity index is 1.92. The number of pyridine rings is 1. The summed E-state index contributed by atoms with van der Waals surface area (Å²) in [7, 11) is 1.66. The number of hydrogen-bond acceptors (Lipinski definition) is 5. The van der Waals surface area contributed by atoms with Gasteiger partial charge in [-0.3, -0.25) is 4.98 Å². The Kier molecular flexibility index (Phi) is 4.20. The van der Waals surface area contributed by atoms with Gasteiger partial charge in [-0.1, -0.05) is 0 Å². The molecule has 1 N–H and O–H groups in total. The molecule has 5 heteroatoms. The first-order valence-corrected chi connectivity index (χ1v) is 5.77. The van der Waals surface area contributed by atoms with E-state index in [0.29, 0.717) is 13.1 Å². The molecule has 0 radical (unpaired) electrons. The Morgan fingerprint density at radius 2 is 2.06 bits per heavy atom. The summed E-state index contributed by atoms with van der Waals surface area (Å²) < 4.78 is 5.21. The van der Waals surface area contributed by atoms with Crippen LogP contribution in [0.25, 0.3) is 0 Å². The van der Waals surface area contributed by atoms with Gasteiger partial charge in [0.25, 0.3) is 0 Å². The predicted molar refractivity (Wildman–Crippen MR) is 68.1 cm³/mol. The van der Waals surface area contributed by atoms with E-state index >= 15 is 0 Å². The van der Waals surface area contributed by atoms with Crippen LogP contribution in [-0.2, 0) is 13.1 Å². The summed E-state index contributed by atoms with van der Waals surface area (Å²) >= 11 is 0. The van der Waals surface area contributed by atoms with Crippen LogP contribution in [0.2, 0.25) is 0 Å². The van der Waals surface area contributed by atoms with E-state index in [1.54, 1.807) is 13.3 Å². The van der Waals surface area contributed by atoms with Gasteiger partial charge in [0.05, 0.1) is 18.5 Å². The highest BCUT2D eigenvalue weighted by molar-refractivity contribution is 5.26. The van der Waals surface area contributed by atoms with Gasteiger partial charge < -0.3 is 10.1 Å². The average Bonchev–Trinajstić information content (AvgIpc) is 2.39. The van der Waals surface area contributed by atoms with E-state index in [9.17, 15) is 0 Å². The summed E-state index contributed by atoms with van der Waals surface area (Å²) in [5, 5.41) is 11.1. The highest BCUT2D eigenvalue weighted by atomic mass is 16.5. The van der Waals surface area contributed by atoms with Gasteiger partial charge >= 0.3 is 0 Å². The minimum Gasteiger partial charge on any atom is -0.497 e. The number of nitrogens with zero attached hydrogens (tertiary/aromatic N) is 3. The van der Waals surface area contributed by atoms with Crippen molar-refractivity contribution in [2.75, 3.05) is 7.11 Å². The average molecular weight is 244 g/mol. The van der Waals surface area contributed by atoms with Gasteiger partial charge in [0.15, 0.2) is 0 Å². The summed E-state index contributed by atoms with van der Waals surface area (Å²) in [4.78, 5) is 4.43. The molecule has 0 aliphatic carbocycles. The minimum absolute atomic E-state index is 0.672. The van der Waals surface area contributed by atoms with Crippen molar-refractivity contribution in [3.05, 3.63) is 47.5 Å². The summed E-state index contributed by atoms with van der Waals surface area (Å²) in [6.45, 7) is 3.30. The highest BCUT2D eigenvalue weighted by Gasteiger charge is 2.01. The van der Waals surface area contributed by atoms with Crippen molar-refractivity contribution in [1.82, 2.24) is 20.5 Å². The number of ether oxygens (including phenoxy) is 1. The lowest BCUT2D eigenvalue weighted by atomic mass is 10.3. The molecule has 94 valence electrons. The van der Waals surface area contributed by atoms with Crippen LogP contribution in [0.5, 0.6) is 5.75 Å². The molecule has 0 saturated heterocycles. The lowest BCUT2D eigenvalue weighted by Crippen LogP contribution is -2.15. The van der Waals surface area contributed by atoms with E-state index in [0.717, 1.165) is 22.8 Å². The maximum Gasteiger partial charge on any atom is 0.122 e. The lowest BCUT2D eigenvalue weighted by Gasteiger charge is -2.07. The highest BCUT2D eigenvalue weighted by Crippen LogP contribution is 2.13. The van der Waals surface area contributed by atoms with Gasteiger partial charge in [0.1, 0.15) is 5.75 Å². The smallest absolute Gasteiger partial charge is 0.122 e. The van der Waals surface area contributed by atoms with Crippen molar-refractivity contribution in [2.45, 2.75) is 20.0 Å². The molecule has 2 aromatic rings. The molecule has 0 atom stereocenters. The molecule has 0 aliphatic rings. The quantitative estimate of drug-likeness (QED) is 0.863. The predicted octanol–water partition coefficient (Wildman–Crippen LogP) is 1.48. The normalized spacial score (nSPS) is 10.3. The van der Waals surface area contributed by atoms with Gasteiger partial charge in [0, 0.05) is 37.1 Å². The Morgan fingerprint density at radius 3 is 2.78 bits per heavy atom. The van der Waals surface area contributed by atoms with Crippen LogP contribution in [0, 0.1) is 6.92 Å².